The molecule has 1 fully saturated rings. The van der Waals surface area contributed by atoms with Gasteiger partial charge in [-0.05, 0) is 48.3 Å². The van der Waals surface area contributed by atoms with Crippen LogP contribution in [0, 0.1) is 5.92 Å². The largest absolute Gasteiger partial charge is 0.381 e. The van der Waals surface area contributed by atoms with Crippen molar-refractivity contribution < 1.29 is 17.9 Å². The second-order valence-corrected chi connectivity index (χ2v) is 9.91. The van der Waals surface area contributed by atoms with Crippen LogP contribution in [-0.2, 0) is 25.0 Å². The second-order valence-electron chi connectivity index (χ2n) is 8.14. The van der Waals surface area contributed by atoms with Gasteiger partial charge in [0.25, 0.3) is 0 Å². The molecule has 7 heteroatoms. The summed E-state index contributed by atoms with van der Waals surface area (Å²) in [6, 6.07) is 6.86. The Morgan fingerprint density at radius 1 is 1.15 bits per heavy atom. The number of carbonyl (C=O) groups excluding carboxylic acids is 1. The zero-order valence-electron chi connectivity index (χ0n) is 16.6. The second kappa shape index (κ2) is 9.66. The highest BCUT2D eigenvalue weighted by molar-refractivity contribution is 7.89. The van der Waals surface area contributed by atoms with Crippen LogP contribution in [0.3, 0.4) is 0 Å². The predicted octanol–water partition coefficient (Wildman–Crippen LogP) is 2.59. The molecule has 0 spiro atoms. The van der Waals surface area contributed by atoms with Crippen molar-refractivity contribution in [1.29, 1.82) is 0 Å². The molecule has 6 nitrogen and oxygen atoms in total. The van der Waals surface area contributed by atoms with Gasteiger partial charge in [0.1, 0.15) is 0 Å². The van der Waals surface area contributed by atoms with Gasteiger partial charge in [0.05, 0.1) is 4.90 Å². The molecule has 0 unspecified atom stereocenters. The number of benzene rings is 1. The maximum atomic E-state index is 12.3. The number of hydrogen-bond donors (Lipinski definition) is 2. The van der Waals surface area contributed by atoms with E-state index in [0.717, 1.165) is 24.5 Å². The zero-order chi connectivity index (χ0) is 19.9. The topological polar surface area (TPSA) is 84.5 Å². The van der Waals surface area contributed by atoms with Gasteiger partial charge < -0.3 is 10.1 Å². The van der Waals surface area contributed by atoms with E-state index in [1.165, 1.54) is 12.8 Å². The van der Waals surface area contributed by atoms with E-state index in [9.17, 15) is 13.2 Å². The minimum atomic E-state index is -3.60. The van der Waals surface area contributed by atoms with Gasteiger partial charge in [-0.2, -0.15) is 0 Å². The molecule has 1 amide bonds. The Morgan fingerprint density at radius 2 is 1.81 bits per heavy atom. The molecular weight excluding hydrogens is 364 g/mol. The molecule has 152 valence electrons. The summed E-state index contributed by atoms with van der Waals surface area (Å²) in [6.07, 6.45) is 3.42. The van der Waals surface area contributed by atoms with Crippen molar-refractivity contribution in [1.82, 2.24) is 10.0 Å². The number of ether oxygens (including phenoxy) is 1. The highest BCUT2D eigenvalue weighted by Gasteiger charge is 2.21. The van der Waals surface area contributed by atoms with E-state index in [0.29, 0.717) is 13.2 Å². The van der Waals surface area contributed by atoms with Crippen LogP contribution in [0.4, 0.5) is 0 Å². The number of hydrogen-bond acceptors (Lipinski definition) is 4. The zero-order valence-corrected chi connectivity index (χ0v) is 17.4. The van der Waals surface area contributed by atoms with Crippen LogP contribution in [0.15, 0.2) is 29.2 Å². The fraction of sp³-hybridized carbons (Fsp3) is 0.650. The summed E-state index contributed by atoms with van der Waals surface area (Å²) in [5.74, 6) is 0.584. The van der Waals surface area contributed by atoms with Crippen LogP contribution in [0.2, 0.25) is 0 Å². The normalized spacial score (nSPS) is 14.9. The van der Waals surface area contributed by atoms with Gasteiger partial charge in [0.15, 0.2) is 0 Å². The van der Waals surface area contributed by atoms with Crippen LogP contribution < -0.4 is 10.0 Å². The molecule has 0 radical (unpaired) electrons. The van der Waals surface area contributed by atoms with E-state index < -0.39 is 10.0 Å². The van der Waals surface area contributed by atoms with Gasteiger partial charge >= 0.3 is 0 Å². The first kappa shape index (κ1) is 21.9. The number of sulfonamides is 1. The SMILES string of the molecule is CC(C)(C)c1ccc(S(=O)(=O)NCCC(=O)NCCCOCC2CC2)cc1. The highest BCUT2D eigenvalue weighted by Crippen LogP contribution is 2.28. The molecule has 0 aliphatic heterocycles. The third-order valence-electron chi connectivity index (χ3n) is 4.51. The molecule has 0 heterocycles. The summed E-state index contributed by atoms with van der Waals surface area (Å²) in [7, 11) is -3.60. The van der Waals surface area contributed by atoms with Gasteiger partial charge in [0.2, 0.25) is 15.9 Å². The van der Waals surface area contributed by atoms with Gasteiger partial charge in [-0.15, -0.1) is 0 Å². The third kappa shape index (κ3) is 7.99. The van der Waals surface area contributed by atoms with Crippen LogP contribution >= 0.6 is 0 Å². The Hall–Kier alpha value is -1.44. The van der Waals surface area contributed by atoms with Crippen molar-refractivity contribution >= 4 is 15.9 Å². The van der Waals surface area contributed by atoms with Crippen molar-refractivity contribution in [3.63, 3.8) is 0 Å². The molecule has 0 atom stereocenters. The molecule has 1 aliphatic rings. The molecule has 0 bridgehead atoms. The Morgan fingerprint density at radius 3 is 2.41 bits per heavy atom. The minimum absolute atomic E-state index is 0.0310. The lowest BCUT2D eigenvalue weighted by atomic mass is 9.87. The average Bonchev–Trinajstić information content (AvgIpc) is 3.41. The first-order valence-electron chi connectivity index (χ1n) is 9.63. The van der Waals surface area contributed by atoms with Crippen molar-refractivity contribution in [2.45, 2.75) is 56.8 Å². The van der Waals surface area contributed by atoms with Crippen LogP contribution in [0.1, 0.15) is 52.0 Å². The fourth-order valence-electron chi connectivity index (χ4n) is 2.54. The molecular formula is C20H32N2O4S. The summed E-state index contributed by atoms with van der Waals surface area (Å²) in [6.45, 7) is 8.32. The molecule has 27 heavy (non-hydrogen) atoms. The molecule has 2 N–H and O–H groups in total. The maximum Gasteiger partial charge on any atom is 0.240 e. The Kier molecular flexibility index (Phi) is 7.82. The summed E-state index contributed by atoms with van der Waals surface area (Å²) in [5, 5.41) is 2.78. The maximum absolute atomic E-state index is 12.3. The lowest BCUT2D eigenvalue weighted by Crippen LogP contribution is -2.31. The van der Waals surface area contributed by atoms with E-state index in [1.54, 1.807) is 12.1 Å². The summed E-state index contributed by atoms with van der Waals surface area (Å²) < 4.78 is 32.6. The fourth-order valence-corrected chi connectivity index (χ4v) is 3.57. The van der Waals surface area contributed by atoms with Crippen LogP contribution in [0.5, 0.6) is 0 Å². The highest BCUT2D eigenvalue weighted by atomic mass is 32.2. The van der Waals surface area contributed by atoms with Crippen molar-refractivity contribution in [2.75, 3.05) is 26.3 Å². The Balaban J connectivity index is 1.64. The summed E-state index contributed by atoms with van der Waals surface area (Å²) in [5.41, 5.74) is 1.04. The summed E-state index contributed by atoms with van der Waals surface area (Å²) >= 11 is 0. The smallest absolute Gasteiger partial charge is 0.240 e. The third-order valence-corrected chi connectivity index (χ3v) is 5.99. The van der Waals surface area contributed by atoms with E-state index in [4.69, 9.17) is 4.74 Å². The Labute approximate surface area is 163 Å². The average molecular weight is 397 g/mol. The summed E-state index contributed by atoms with van der Waals surface area (Å²) in [4.78, 5) is 12.0. The lowest BCUT2D eigenvalue weighted by Gasteiger charge is -2.19. The molecule has 1 saturated carbocycles. The molecule has 1 aromatic carbocycles. The Bertz CT molecular complexity index is 704. The molecule has 0 saturated heterocycles. The van der Waals surface area contributed by atoms with Crippen molar-refractivity contribution in [3.8, 4) is 0 Å². The van der Waals surface area contributed by atoms with Crippen molar-refractivity contribution in [3.05, 3.63) is 29.8 Å². The van der Waals surface area contributed by atoms with Crippen LogP contribution in [-0.4, -0.2) is 40.6 Å². The van der Waals surface area contributed by atoms with Gasteiger partial charge in [0, 0.05) is 32.7 Å². The first-order valence-corrected chi connectivity index (χ1v) is 11.1. The number of rotatable bonds is 11. The minimum Gasteiger partial charge on any atom is -0.381 e. The number of nitrogens with one attached hydrogen (secondary N) is 2. The molecule has 1 aliphatic carbocycles. The standard InChI is InChI=1S/C20H32N2O4S/c1-20(2,3)17-7-9-18(10-8-17)27(24,25)22-13-11-19(23)21-12-4-14-26-15-16-5-6-16/h7-10,16,22H,4-6,11-15H2,1-3H3,(H,21,23). The van der Waals surface area contributed by atoms with E-state index >= 15 is 0 Å². The van der Waals surface area contributed by atoms with Gasteiger partial charge in [-0.3, -0.25) is 4.79 Å². The van der Waals surface area contributed by atoms with Crippen molar-refractivity contribution in [2.24, 2.45) is 5.92 Å². The van der Waals surface area contributed by atoms with E-state index in [2.05, 4.69) is 30.8 Å². The predicted molar refractivity (Wildman–Crippen MR) is 106 cm³/mol. The monoisotopic (exact) mass is 396 g/mol. The molecule has 2 rings (SSSR count). The lowest BCUT2D eigenvalue weighted by molar-refractivity contribution is -0.120. The first-order chi connectivity index (χ1) is 12.7. The quantitative estimate of drug-likeness (QED) is 0.563. The number of carbonyl (C=O) groups is 1. The molecule has 0 aromatic heterocycles. The van der Waals surface area contributed by atoms with Gasteiger partial charge in [-0.1, -0.05) is 32.9 Å². The number of amides is 1. The van der Waals surface area contributed by atoms with E-state index in [1.807, 2.05) is 12.1 Å². The van der Waals surface area contributed by atoms with E-state index in [-0.39, 0.29) is 29.2 Å². The molecule has 1 aromatic rings. The van der Waals surface area contributed by atoms with Gasteiger partial charge in [-0.25, -0.2) is 13.1 Å². The van der Waals surface area contributed by atoms with Crippen LogP contribution in [0.25, 0.3) is 0 Å².